The number of aliphatic hydroxyl groups excluding tert-OH is 1. The van der Waals surface area contributed by atoms with E-state index >= 15 is 0 Å². The monoisotopic (exact) mass is 179 g/mol. The molecule has 1 N–H and O–H groups in total. The zero-order chi connectivity index (χ0) is 9.68. The molecule has 0 aromatic heterocycles. The van der Waals surface area contributed by atoms with Crippen LogP contribution >= 0.6 is 0 Å². The molecule has 13 heavy (non-hydrogen) atoms. The van der Waals surface area contributed by atoms with Crippen LogP contribution in [0.3, 0.4) is 0 Å². The first-order valence-electron chi connectivity index (χ1n) is 4.76. The van der Waals surface area contributed by atoms with E-state index in [9.17, 15) is 0 Å². The quantitative estimate of drug-likeness (QED) is 0.764. The highest BCUT2D eigenvalue weighted by Crippen LogP contribution is 2.14. The second-order valence-electron chi connectivity index (χ2n) is 3.00. The Kier molecular flexibility index (Phi) is 3.77. The summed E-state index contributed by atoms with van der Waals surface area (Å²) in [5.74, 6) is 0. The van der Waals surface area contributed by atoms with Crippen molar-refractivity contribution in [2.45, 2.75) is 20.5 Å². The Morgan fingerprint density at radius 2 is 1.62 bits per heavy atom. The summed E-state index contributed by atoms with van der Waals surface area (Å²) in [7, 11) is 0. The summed E-state index contributed by atoms with van der Waals surface area (Å²) in [6, 6.07) is 8.04. The van der Waals surface area contributed by atoms with Crippen molar-refractivity contribution in [2.24, 2.45) is 0 Å². The predicted molar refractivity (Wildman–Crippen MR) is 55.9 cm³/mol. The van der Waals surface area contributed by atoms with Crippen LogP contribution in [0.1, 0.15) is 19.4 Å². The summed E-state index contributed by atoms with van der Waals surface area (Å²) >= 11 is 0. The number of rotatable bonds is 4. The van der Waals surface area contributed by atoms with Gasteiger partial charge in [-0.15, -0.1) is 0 Å². The predicted octanol–water partition coefficient (Wildman–Crippen LogP) is 2.03. The highest BCUT2D eigenvalue weighted by Gasteiger charge is 1.99. The minimum atomic E-state index is 0.124. The molecule has 2 heteroatoms. The van der Waals surface area contributed by atoms with Gasteiger partial charge in [-0.1, -0.05) is 12.1 Å². The van der Waals surface area contributed by atoms with Crippen molar-refractivity contribution in [3.05, 3.63) is 29.8 Å². The molecule has 0 saturated carbocycles. The van der Waals surface area contributed by atoms with Gasteiger partial charge in [-0.2, -0.15) is 0 Å². The minimum absolute atomic E-state index is 0.124. The van der Waals surface area contributed by atoms with E-state index in [1.807, 2.05) is 12.1 Å². The van der Waals surface area contributed by atoms with Crippen LogP contribution in [-0.2, 0) is 6.61 Å². The first kappa shape index (κ1) is 10.1. The van der Waals surface area contributed by atoms with Crippen LogP contribution < -0.4 is 4.90 Å². The van der Waals surface area contributed by atoms with Gasteiger partial charge < -0.3 is 10.0 Å². The van der Waals surface area contributed by atoms with Gasteiger partial charge in [0.1, 0.15) is 0 Å². The maximum Gasteiger partial charge on any atom is 0.0681 e. The molecular formula is C11H17NO. The number of hydrogen-bond donors (Lipinski definition) is 1. The molecule has 72 valence electrons. The molecule has 1 rings (SSSR count). The molecule has 0 heterocycles. The fraction of sp³-hybridized carbons (Fsp3) is 0.455. The van der Waals surface area contributed by atoms with E-state index in [-0.39, 0.29) is 6.61 Å². The normalized spacial score (nSPS) is 10.1. The van der Waals surface area contributed by atoms with Crippen molar-refractivity contribution in [3.63, 3.8) is 0 Å². The van der Waals surface area contributed by atoms with Crippen LogP contribution in [0.4, 0.5) is 5.69 Å². The Labute approximate surface area is 79.8 Å². The lowest BCUT2D eigenvalue weighted by Crippen LogP contribution is -2.21. The lowest BCUT2D eigenvalue weighted by Gasteiger charge is -2.20. The van der Waals surface area contributed by atoms with Crippen LogP contribution in [0.15, 0.2) is 24.3 Å². The lowest BCUT2D eigenvalue weighted by atomic mass is 10.2. The second-order valence-corrected chi connectivity index (χ2v) is 3.00. The summed E-state index contributed by atoms with van der Waals surface area (Å²) in [6.45, 7) is 6.45. The number of aliphatic hydroxyl groups is 1. The lowest BCUT2D eigenvalue weighted by molar-refractivity contribution is 0.282. The topological polar surface area (TPSA) is 23.5 Å². The molecule has 1 aromatic rings. The van der Waals surface area contributed by atoms with Gasteiger partial charge >= 0.3 is 0 Å². The van der Waals surface area contributed by atoms with Gasteiger partial charge in [0, 0.05) is 18.8 Å². The van der Waals surface area contributed by atoms with Crippen molar-refractivity contribution in [1.29, 1.82) is 0 Å². The number of benzene rings is 1. The molecule has 0 aliphatic heterocycles. The average molecular weight is 179 g/mol. The standard InChI is InChI=1S/C11H17NO/c1-3-12(4-2)11-7-5-10(9-13)6-8-11/h5-8,13H,3-4,9H2,1-2H3. The van der Waals surface area contributed by atoms with Gasteiger partial charge in [-0.05, 0) is 31.5 Å². The third-order valence-corrected chi connectivity index (χ3v) is 2.25. The molecule has 0 fully saturated rings. The summed E-state index contributed by atoms with van der Waals surface area (Å²) in [5.41, 5.74) is 2.19. The zero-order valence-corrected chi connectivity index (χ0v) is 8.33. The Morgan fingerprint density at radius 3 is 2.00 bits per heavy atom. The third-order valence-electron chi connectivity index (χ3n) is 2.25. The molecule has 0 aliphatic rings. The van der Waals surface area contributed by atoms with Gasteiger partial charge in [-0.25, -0.2) is 0 Å². The molecule has 0 saturated heterocycles. The summed E-state index contributed by atoms with van der Waals surface area (Å²) in [5, 5.41) is 8.87. The smallest absolute Gasteiger partial charge is 0.0681 e. The Balaban J connectivity index is 2.78. The van der Waals surface area contributed by atoms with Crippen LogP contribution in [-0.4, -0.2) is 18.2 Å². The molecule has 0 bridgehead atoms. The van der Waals surface area contributed by atoms with Gasteiger partial charge in [0.25, 0.3) is 0 Å². The van der Waals surface area contributed by atoms with Crippen molar-refractivity contribution in [2.75, 3.05) is 18.0 Å². The Morgan fingerprint density at radius 1 is 1.08 bits per heavy atom. The second kappa shape index (κ2) is 4.87. The van der Waals surface area contributed by atoms with Gasteiger partial charge in [0.15, 0.2) is 0 Å². The SMILES string of the molecule is CCN(CC)c1ccc(CO)cc1. The highest BCUT2D eigenvalue weighted by atomic mass is 16.3. The molecular weight excluding hydrogens is 162 g/mol. The molecule has 0 amide bonds. The number of hydrogen-bond acceptors (Lipinski definition) is 2. The van der Waals surface area contributed by atoms with Crippen LogP contribution in [0.2, 0.25) is 0 Å². The minimum Gasteiger partial charge on any atom is -0.392 e. The fourth-order valence-electron chi connectivity index (χ4n) is 1.40. The summed E-state index contributed by atoms with van der Waals surface area (Å²) < 4.78 is 0. The third kappa shape index (κ3) is 2.46. The van der Waals surface area contributed by atoms with Gasteiger partial charge in [-0.3, -0.25) is 0 Å². The van der Waals surface area contributed by atoms with E-state index in [2.05, 4.69) is 30.9 Å². The van der Waals surface area contributed by atoms with E-state index < -0.39 is 0 Å². The highest BCUT2D eigenvalue weighted by molar-refractivity contribution is 5.47. The maximum absolute atomic E-state index is 8.87. The van der Waals surface area contributed by atoms with E-state index in [0.29, 0.717) is 0 Å². The van der Waals surface area contributed by atoms with Crippen molar-refractivity contribution in [3.8, 4) is 0 Å². The van der Waals surface area contributed by atoms with Crippen LogP contribution in [0, 0.1) is 0 Å². The fourth-order valence-corrected chi connectivity index (χ4v) is 1.40. The Bertz CT molecular complexity index is 239. The van der Waals surface area contributed by atoms with Crippen molar-refractivity contribution >= 4 is 5.69 Å². The van der Waals surface area contributed by atoms with E-state index in [1.54, 1.807) is 0 Å². The molecule has 0 spiro atoms. The van der Waals surface area contributed by atoms with E-state index in [1.165, 1.54) is 5.69 Å². The van der Waals surface area contributed by atoms with Crippen molar-refractivity contribution < 1.29 is 5.11 Å². The molecule has 0 unspecified atom stereocenters. The summed E-state index contributed by atoms with van der Waals surface area (Å²) in [6.07, 6.45) is 0. The van der Waals surface area contributed by atoms with E-state index in [0.717, 1.165) is 18.7 Å². The molecule has 0 atom stereocenters. The molecule has 2 nitrogen and oxygen atoms in total. The Hall–Kier alpha value is -1.02. The summed E-state index contributed by atoms with van der Waals surface area (Å²) in [4.78, 5) is 2.28. The molecule has 0 aliphatic carbocycles. The number of nitrogens with zero attached hydrogens (tertiary/aromatic N) is 1. The largest absolute Gasteiger partial charge is 0.392 e. The van der Waals surface area contributed by atoms with Crippen LogP contribution in [0.25, 0.3) is 0 Å². The van der Waals surface area contributed by atoms with Gasteiger partial charge in [0.05, 0.1) is 6.61 Å². The van der Waals surface area contributed by atoms with E-state index in [4.69, 9.17) is 5.11 Å². The molecule has 1 aromatic carbocycles. The van der Waals surface area contributed by atoms with Crippen LogP contribution in [0.5, 0.6) is 0 Å². The first-order valence-corrected chi connectivity index (χ1v) is 4.76. The zero-order valence-electron chi connectivity index (χ0n) is 8.33. The number of anilines is 1. The van der Waals surface area contributed by atoms with Crippen molar-refractivity contribution in [1.82, 2.24) is 0 Å². The maximum atomic E-state index is 8.87. The average Bonchev–Trinajstić information content (AvgIpc) is 2.21. The molecule has 0 radical (unpaired) electrons. The van der Waals surface area contributed by atoms with Gasteiger partial charge in [0.2, 0.25) is 0 Å². The first-order chi connectivity index (χ1) is 6.31.